The number of rotatable bonds is 7. The highest BCUT2D eigenvalue weighted by Crippen LogP contribution is 2.37. The van der Waals surface area contributed by atoms with Crippen LogP contribution in [0.5, 0.6) is 5.75 Å². The topological polar surface area (TPSA) is 69.2 Å². The van der Waals surface area contributed by atoms with Gasteiger partial charge in [-0.1, -0.05) is 12.1 Å². The number of nitrogens with zero attached hydrogens (tertiary/aromatic N) is 6. The minimum atomic E-state index is -0.879. The van der Waals surface area contributed by atoms with Crippen molar-refractivity contribution >= 4 is 23.0 Å². The third kappa shape index (κ3) is 5.93. The van der Waals surface area contributed by atoms with E-state index in [0.717, 1.165) is 75.3 Å². The van der Waals surface area contributed by atoms with Crippen molar-refractivity contribution in [1.82, 2.24) is 19.8 Å². The molecule has 3 aromatic rings. The fraction of sp³-hybridized carbons (Fsp3) is 0.467. The number of aromatic nitrogens is 2. The maximum atomic E-state index is 14.5. The molecule has 2 aromatic carbocycles. The predicted octanol–water partition coefficient (Wildman–Crippen LogP) is 4.61. The number of ether oxygens (including phenoxy) is 1. The minimum absolute atomic E-state index is 0.239. The van der Waals surface area contributed by atoms with Crippen LogP contribution < -0.4 is 20.0 Å². The molecule has 1 unspecified atom stereocenters. The van der Waals surface area contributed by atoms with Crippen LogP contribution in [0.1, 0.15) is 30.9 Å². The van der Waals surface area contributed by atoms with Gasteiger partial charge in [0.1, 0.15) is 17.9 Å². The molecule has 218 valence electrons. The van der Waals surface area contributed by atoms with E-state index in [4.69, 9.17) is 9.57 Å². The van der Waals surface area contributed by atoms with Crippen LogP contribution in [0.3, 0.4) is 0 Å². The highest BCUT2D eigenvalue weighted by Gasteiger charge is 2.32. The normalized spacial score (nSPS) is 20.9. The monoisotopic (exact) mass is 565 g/mol. The van der Waals surface area contributed by atoms with E-state index in [1.165, 1.54) is 17.5 Å². The van der Waals surface area contributed by atoms with Gasteiger partial charge >= 0.3 is 0 Å². The molecule has 3 fully saturated rings. The quantitative estimate of drug-likeness (QED) is 0.443. The Morgan fingerprint density at radius 1 is 0.951 bits per heavy atom. The van der Waals surface area contributed by atoms with Gasteiger partial charge in [0.25, 0.3) is 0 Å². The van der Waals surface area contributed by atoms with Crippen LogP contribution in [0.25, 0.3) is 0 Å². The van der Waals surface area contributed by atoms with Crippen LogP contribution in [0.15, 0.2) is 48.8 Å². The molecule has 4 heterocycles. The number of anilines is 4. The zero-order chi connectivity index (χ0) is 28.3. The summed E-state index contributed by atoms with van der Waals surface area (Å²) >= 11 is 0. The first-order valence-electron chi connectivity index (χ1n) is 14.3. The number of piperazine rings is 1. The highest BCUT2D eigenvalue weighted by atomic mass is 19.2. The van der Waals surface area contributed by atoms with Crippen LogP contribution in [0.2, 0.25) is 0 Å². The van der Waals surface area contributed by atoms with E-state index in [-0.39, 0.29) is 5.56 Å². The average molecular weight is 566 g/mol. The molecule has 11 heteroatoms. The summed E-state index contributed by atoms with van der Waals surface area (Å²) in [5.74, 6) is 0.0615. The van der Waals surface area contributed by atoms with Gasteiger partial charge < -0.3 is 19.9 Å². The molecule has 0 bridgehead atoms. The summed E-state index contributed by atoms with van der Waals surface area (Å²) in [4.78, 5) is 21.9. The van der Waals surface area contributed by atoms with Crippen LogP contribution in [0, 0.1) is 11.6 Å². The number of halogens is 2. The maximum absolute atomic E-state index is 14.5. The average Bonchev–Trinajstić information content (AvgIpc) is 3.49. The van der Waals surface area contributed by atoms with E-state index in [1.807, 2.05) is 12.1 Å². The first kappa shape index (κ1) is 27.6. The van der Waals surface area contributed by atoms with Gasteiger partial charge in [-0.3, -0.25) is 9.74 Å². The molecule has 3 aliphatic rings. The lowest BCUT2D eigenvalue weighted by molar-refractivity contribution is 0.0981. The molecule has 3 aliphatic heterocycles. The van der Waals surface area contributed by atoms with E-state index in [9.17, 15) is 8.78 Å². The Morgan fingerprint density at radius 2 is 1.76 bits per heavy atom. The predicted molar refractivity (Wildman–Crippen MR) is 155 cm³/mol. The Hall–Kier alpha value is -3.54. The molecule has 0 radical (unpaired) electrons. The Kier molecular flexibility index (Phi) is 8.18. The van der Waals surface area contributed by atoms with Crippen molar-refractivity contribution in [3.63, 3.8) is 0 Å². The summed E-state index contributed by atoms with van der Waals surface area (Å²) in [6.45, 7) is 6.97. The molecule has 9 nitrogen and oxygen atoms in total. The number of likely N-dealkylation sites (N-methyl/N-ethyl adjacent to an activating group) is 1. The largest absolute Gasteiger partial charge is 0.495 e. The Morgan fingerprint density at radius 3 is 2.54 bits per heavy atom. The molecule has 6 rings (SSSR count). The van der Waals surface area contributed by atoms with Gasteiger partial charge in [0.05, 0.1) is 25.4 Å². The Balaban J connectivity index is 1.13. The fourth-order valence-electron chi connectivity index (χ4n) is 6.11. The molecule has 0 saturated carbocycles. The first-order valence-corrected chi connectivity index (χ1v) is 14.3. The second-order valence-corrected chi connectivity index (χ2v) is 10.9. The van der Waals surface area contributed by atoms with Crippen molar-refractivity contribution in [2.45, 2.75) is 31.3 Å². The van der Waals surface area contributed by atoms with Crippen molar-refractivity contribution in [2.75, 3.05) is 75.3 Å². The first-order chi connectivity index (χ1) is 20.0. The van der Waals surface area contributed by atoms with E-state index < -0.39 is 17.7 Å². The number of benzene rings is 2. The molecule has 1 atom stereocenters. The van der Waals surface area contributed by atoms with Gasteiger partial charge in [0.15, 0.2) is 17.5 Å². The second kappa shape index (κ2) is 12.1. The van der Waals surface area contributed by atoms with Crippen molar-refractivity contribution in [1.29, 1.82) is 0 Å². The number of hydrogen-bond acceptors (Lipinski definition) is 9. The van der Waals surface area contributed by atoms with E-state index in [2.05, 4.69) is 43.1 Å². The lowest BCUT2D eigenvalue weighted by Crippen LogP contribution is -2.52. The number of methoxy groups -OCH3 is 1. The van der Waals surface area contributed by atoms with Crippen molar-refractivity contribution < 1.29 is 18.4 Å². The van der Waals surface area contributed by atoms with E-state index in [1.54, 1.807) is 19.2 Å². The summed E-state index contributed by atoms with van der Waals surface area (Å²) in [5, 5.41) is 4.85. The fourth-order valence-corrected chi connectivity index (χ4v) is 6.11. The lowest BCUT2D eigenvalue weighted by atomic mass is 10.0. The van der Waals surface area contributed by atoms with Crippen LogP contribution in [0.4, 0.5) is 31.8 Å². The molecular weight excluding hydrogens is 528 g/mol. The highest BCUT2D eigenvalue weighted by molar-refractivity contribution is 5.69. The molecule has 0 amide bonds. The zero-order valence-corrected chi connectivity index (χ0v) is 23.6. The summed E-state index contributed by atoms with van der Waals surface area (Å²) < 4.78 is 34.2. The van der Waals surface area contributed by atoms with Crippen molar-refractivity contribution in [3.05, 3.63) is 66.0 Å². The van der Waals surface area contributed by atoms with Gasteiger partial charge in [-0.25, -0.2) is 23.8 Å². The third-order valence-corrected chi connectivity index (χ3v) is 8.44. The van der Waals surface area contributed by atoms with Gasteiger partial charge in [0.2, 0.25) is 0 Å². The molecule has 1 aromatic heterocycles. The molecule has 0 spiro atoms. The smallest absolute Gasteiger partial charge is 0.164 e. The standard InChI is InChI=1S/C30H37F2N7O2/c1-36-13-15-37(16-14-36)22-8-11-38(12-9-22)26-7-6-21(18-27(26)40-2)35-28-19-29(34-20-33-28)39-25(10-17-41-39)23-4-3-5-24(31)30(23)32/h3-7,18-20,22,25H,8-17H2,1-2H3,(H,33,34,35). The van der Waals surface area contributed by atoms with Gasteiger partial charge in [0, 0.05) is 75.1 Å². The summed E-state index contributed by atoms with van der Waals surface area (Å²) in [5.41, 5.74) is 2.14. The van der Waals surface area contributed by atoms with Gasteiger partial charge in [-0.05, 0) is 38.1 Å². The van der Waals surface area contributed by atoms with Crippen LogP contribution >= 0.6 is 0 Å². The zero-order valence-electron chi connectivity index (χ0n) is 23.6. The van der Waals surface area contributed by atoms with E-state index in [0.29, 0.717) is 30.7 Å². The van der Waals surface area contributed by atoms with Crippen molar-refractivity contribution in [2.24, 2.45) is 0 Å². The SMILES string of the molecule is COc1cc(Nc2cc(N3OCCC3c3cccc(F)c3F)ncn2)ccc1N1CCC(N2CCN(C)CC2)CC1. The number of hydrogen-bond donors (Lipinski definition) is 1. The molecule has 1 N–H and O–H groups in total. The van der Waals surface area contributed by atoms with Crippen LogP contribution in [-0.2, 0) is 4.84 Å². The minimum Gasteiger partial charge on any atom is -0.495 e. The lowest BCUT2D eigenvalue weighted by Gasteiger charge is -2.42. The second-order valence-electron chi connectivity index (χ2n) is 10.9. The maximum Gasteiger partial charge on any atom is 0.164 e. The van der Waals surface area contributed by atoms with Crippen LogP contribution in [-0.4, -0.2) is 85.8 Å². The Labute approximate surface area is 239 Å². The van der Waals surface area contributed by atoms with Gasteiger partial charge in [-0.15, -0.1) is 0 Å². The van der Waals surface area contributed by atoms with E-state index >= 15 is 0 Å². The molecule has 41 heavy (non-hydrogen) atoms. The molecule has 0 aliphatic carbocycles. The third-order valence-electron chi connectivity index (χ3n) is 8.44. The number of piperidine rings is 1. The molecule has 3 saturated heterocycles. The summed E-state index contributed by atoms with van der Waals surface area (Å²) in [6.07, 6.45) is 4.23. The number of nitrogens with one attached hydrogen (secondary N) is 1. The summed E-state index contributed by atoms with van der Waals surface area (Å²) in [7, 11) is 3.89. The number of hydroxylamine groups is 1. The van der Waals surface area contributed by atoms with Crippen molar-refractivity contribution in [3.8, 4) is 5.75 Å². The Bertz CT molecular complexity index is 1350. The molecular formula is C30H37F2N7O2. The summed E-state index contributed by atoms with van der Waals surface area (Å²) in [6, 6.07) is 12.2. The van der Waals surface area contributed by atoms with Gasteiger partial charge in [-0.2, -0.15) is 0 Å².